The summed E-state index contributed by atoms with van der Waals surface area (Å²) in [5.74, 6) is 0. The van der Waals surface area contributed by atoms with E-state index in [1.165, 1.54) is 18.2 Å². The van der Waals surface area contributed by atoms with Crippen LogP contribution in [0.5, 0.6) is 0 Å². The van der Waals surface area contributed by atoms with Crippen LogP contribution < -0.4 is 14.9 Å². The van der Waals surface area contributed by atoms with Gasteiger partial charge in [0.2, 0.25) is 0 Å². The first kappa shape index (κ1) is 19.2. The quantitative estimate of drug-likeness (QED) is 0.207. The maximum atomic E-state index is 11.5. The van der Waals surface area contributed by atoms with Crippen molar-refractivity contribution < 1.29 is 19.7 Å². The molecular formula is C13H21N4O5S+. The van der Waals surface area contributed by atoms with Gasteiger partial charge in [0.1, 0.15) is 18.4 Å². The van der Waals surface area contributed by atoms with Gasteiger partial charge in [-0.1, -0.05) is 12.1 Å². The van der Waals surface area contributed by atoms with Crippen molar-refractivity contribution in [2.75, 3.05) is 13.1 Å². The van der Waals surface area contributed by atoms with E-state index >= 15 is 0 Å². The molecule has 0 bridgehead atoms. The average molecular weight is 345 g/mol. The summed E-state index contributed by atoms with van der Waals surface area (Å²) in [4.78, 5) is 21.8. The zero-order chi connectivity index (χ0) is 17.7. The minimum absolute atomic E-state index is 0.0434. The lowest BCUT2D eigenvalue weighted by Crippen LogP contribution is -2.51. The van der Waals surface area contributed by atoms with E-state index in [2.05, 4.69) is 23.6 Å². The van der Waals surface area contributed by atoms with Crippen LogP contribution in [0.25, 0.3) is 0 Å². The van der Waals surface area contributed by atoms with Crippen LogP contribution in [-0.2, 0) is 4.74 Å². The number of para-hydroxylation sites is 2. The molecule has 0 aromatic heterocycles. The van der Waals surface area contributed by atoms with E-state index in [1.807, 2.05) is 0 Å². The van der Waals surface area contributed by atoms with Crippen molar-refractivity contribution in [1.82, 2.24) is 14.9 Å². The number of amides is 1. The van der Waals surface area contributed by atoms with E-state index in [0.29, 0.717) is 0 Å². The van der Waals surface area contributed by atoms with Crippen LogP contribution in [0.1, 0.15) is 20.8 Å². The number of carbonyl (C=O) groups excluding carboxylic acids is 1. The zero-order valence-corrected chi connectivity index (χ0v) is 14.0. The molecule has 0 aliphatic heterocycles. The summed E-state index contributed by atoms with van der Waals surface area (Å²) >= 11 is 3.97. The Morgan fingerprint density at radius 1 is 1.39 bits per heavy atom. The van der Waals surface area contributed by atoms with Crippen LogP contribution in [0.3, 0.4) is 0 Å². The highest BCUT2D eigenvalue weighted by Crippen LogP contribution is 2.31. The number of carbonyl (C=O) groups is 1. The largest absolute Gasteiger partial charge is 0.444 e. The average Bonchev–Trinajstić information content (AvgIpc) is 2.42. The van der Waals surface area contributed by atoms with Gasteiger partial charge < -0.3 is 10.1 Å². The molecular weight excluding hydrogens is 324 g/mol. The van der Waals surface area contributed by atoms with E-state index in [1.54, 1.807) is 26.8 Å². The molecule has 1 unspecified atom stereocenters. The monoisotopic (exact) mass is 345 g/mol. The Bertz CT molecular complexity index is 574. The molecule has 23 heavy (non-hydrogen) atoms. The summed E-state index contributed by atoms with van der Waals surface area (Å²) < 4.78 is 3.86. The molecule has 3 N–H and O–H groups in total. The number of nitro benzene ring substituents is 1. The Kier molecular flexibility index (Phi) is 6.33. The molecule has 0 spiro atoms. The summed E-state index contributed by atoms with van der Waals surface area (Å²) in [7, 11) is 0. The number of nitro groups is 1. The second-order valence-corrected chi connectivity index (χ2v) is 6.26. The van der Waals surface area contributed by atoms with Crippen LogP contribution in [0.2, 0.25) is 0 Å². The molecule has 0 fully saturated rings. The van der Waals surface area contributed by atoms with Crippen LogP contribution in [0, 0.1) is 10.1 Å². The number of rotatable bonds is 6. The van der Waals surface area contributed by atoms with Gasteiger partial charge in [0.05, 0.1) is 11.5 Å². The maximum absolute atomic E-state index is 11.5. The molecule has 9 nitrogen and oxygen atoms in total. The minimum Gasteiger partial charge on any atom is -0.444 e. The van der Waals surface area contributed by atoms with Gasteiger partial charge in [-0.15, -0.1) is 5.43 Å². The van der Waals surface area contributed by atoms with Gasteiger partial charge in [0.15, 0.2) is 0 Å². The van der Waals surface area contributed by atoms with E-state index < -0.39 is 20.8 Å². The predicted molar refractivity (Wildman–Crippen MR) is 87.9 cm³/mol. The van der Waals surface area contributed by atoms with Crippen molar-refractivity contribution in [2.45, 2.75) is 26.4 Å². The number of nitrogens with one attached hydrogen (secondary N) is 2. The predicted octanol–water partition coefficient (Wildman–Crippen LogP) is 2.17. The van der Waals surface area contributed by atoms with Crippen LogP contribution >= 0.6 is 12.8 Å². The van der Waals surface area contributed by atoms with E-state index in [9.17, 15) is 20.1 Å². The molecule has 0 aliphatic rings. The molecule has 0 aliphatic carbocycles. The summed E-state index contributed by atoms with van der Waals surface area (Å²) in [5, 5.41) is 23.7. The molecule has 1 rings (SSSR count). The van der Waals surface area contributed by atoms with Crippen LogP contribution in [0.15, 0.2) is 24.3 Å². The highest BCUT2D eigenvalue weighted by molar-refractivity contribution is 7.79. The molecule has 1 aromatic rings. The van der Waals surface area contributed by atoms with Crippen molar-refractivity contribution in [1.29, 1.82) is 0 Å². The number of nitrogens with zero attached hydrogens (tertiary/aromatic N) is 2. The first-order valence-corrected chi connectivity index (χ1v) is 7.23. The van der Waals surface area contributed by atoms with Gasteiger partial charge in [0, 0.05) is 18.7 Å². The lowest BCUT2D eigenvalue weighted by Gasteiger charge is -2.22. The van der Waals surface area contributed by atoms with Crippen molar-refractivity contribution in [2.24, 2.45) is 0 Å². The second-order valence-electron chi connectivity index (χ2n) is 5.68. The Labute approximate surface area is 139 Å². The van der Waals surface area contributed by atoms with Gasteiger partial charge in [0.25, 0.3) is 5.69 Å². The molecule has 0 heterocycles. The molecule has 128 valence electrons. The highest BCUT2D eigenvalue weighted by Gasteiger charge is 2.34. The van der Waals surface area contributed by atoms with E-state index in [-0.39, 0.29) is 24.5 Å². The minimum atomic E-state index is -1.19. The third-order valence-corrected chi connectivity index (χ3v) is 2.90. The fourth-order valence-electron chi connectivity index (χ4n) is 1.66. The number of quaternary nitrogens is 1. The molecule has 1 amide bonds. The summed E-state index contributed by atoms with van der Waals surface area (Å²) in [6.07, 6.45) is -0.597. The van der Waals surface area contributed by atoms with Crippen molar-refractivity contribution in [3.63, 3.8) is 0 Å². The van der Waals surface area contributed by atoms with Crippen LogP contribution in [-0.4, -0.2) is 34.9 Å². The zero-order valence-electron chi connectivity index (χ0n) is 13.1. The van der Waals surface area contributed by atoms with Gasteiger partial charge >= 0.3 is 11.8 Å². The second kappa shape index (κ2) is 7.59. The summed E-state index contributed by atoms with van der Waals surface area (Å²) in [6, 6.07) is 5.66. The smallest absolute Gasteiger partial charge is 0.407 e. The van der Waals surface area contributed by atoms with Gasteiger partial charge in [-0.25, -0.2) is 4.79 Å². The number of thiol groups is 1. The van der Waals surface area contributed by atoms with Crippen molar-refractivity contribution >= 4 is 30.3 Å². The molecule has 10 heteroatoms. The fourth-order valence-corrected chi connectivity index (χ4v) is 1.93. The van der Waals surface area contributed by atoms with Gasteiger partial charge in [-0.2, -0.15) is 5.21 Å². The Hall–Kier alpha value is -1.88. The Morgan fingerprint density at radius 3 is 2.57 bits per heavy atom. The Morgan fingerprint density at radius 2 is 2.00 bits per heavy atom. The molecule has 0 saturated carbocycles. The molecule has 1 atom stereocenters. The fraction of sp³-hybridized carbons (Fsp3) is 0.462. The number of ether oxygens (including phenoxy) is 1. The normalized spacial score (nSPS) is 14.0. The number of hydrogen-bond acceptors (Lipinski definition) is 7. The highest BCUT2D eigenvalue weighted by atomic mass is 32.1. The van der Waals surface area contributed by atoms with E-state index in [4.69, 9.17) is 4.74 Å². The number of benzene rings is 1. The number of alkyl carbamates (subject to hydrolysis) is 1. The molecule has 1 aromatic carbocycles. The van der Waals surface area contributed by atoms with Gasteiger partial charge in [-0.3, -0.25) is 10.1 Å². The van der Waals surface area contributed by atoms with Gasteiger partial charge in [-0.05, 0) is 24.9 Å². The first-order valence-electron chi connectivity index (χ1n) is 6.83. The molecule has 0 saturated heterocycles. The first-order chi connectivity index (χ1) is 10.5. The SMILES string of the molecule is CC(C)(C)OC(=O)NCCN[N+](O)(S)c1ccccc1[N+](=O)[O-]. The Balaban J connectivity index is 2.57. The summed E-state index contributed by atoms with van der Waals surface area (Å²) in [5.41, 5.74) is 1.64. The van der Waals surface area contributed by atoms with Crippen molar-refractivity contribution in [3.8, 4) is 0 Å². The lowest BCUT2D eigenvalue weighted by atomic mass is 10.2. The van der Waals surface area contributed by atoms with Crippen LogP contribution in [0.4, 0.5) is 16.2 Å². The summed E-state index contributed by atoms with van der Waals surface area (Å²) in [6.45, 7) is 5.45. The van der Waals surface area contributed by atoms with E-state index in [0.717, 1.165) is 0 Å². The standard InChI is InChI=1S/C13H20N4O5S/c1-13(2,3)22-12(18)14-8-9-15-17(21,23)11-7-5-4-6-10(11)16(19)20/h4-7,15,21,23H,8-9H2,1-3H3/p+1. The lowest BCUT2D eigenvalue weighted by molar-refractivity contribution is -0.385. The molecule has 0 radical (unpaired) electrons. The third-order valence-electron chi connectivity index (χ3n) is 2.54. The third kappa shape index (κ3) is 6.40. The van der Waals surface area contributed by atoms with Crippen molar-refractivity contribution in [3.05, 3.63) is 34.4 Å². The maximum Gasteiger partial charge on any atom is 0.407 e. The number of hydrogen-bond donors (Lipinski definition) is 4. The topological polar surface area (TPSA) is 114 Å².